The Kier molecular flexibility index (Phi) is 4.28. The molecule has 0 radical (unpaired) electrons. The maximum Gasteiger partial charge on any atom is 0.237 e. The summed E-state index contributed by atoms with van der Waals surface area (Å²) in [6.45, 7) is 4.01. The Labute approximate surface area is 114 Å². The van der Waals surface area contributed by atoms with Crippen LogP contribution in [0.15, 0.2) is 30.3 Å². The van der Waals surface area contributed by atoms with Gasteiger partial charge in [0.05, 0.1) is 0 Å². The van der Waals surface area contributed by atoms with Gasteiger partial charge in [-0.1, -0.05) is 37.3 Å². The average molecular weight is 266 g/mol. The van der Waals surface area contributed by atoms with Crippen LogP contribution in [0.4, 0.5) is 0 Å². The number of carbonyl (C=O) groups is 1. The first kappa shape index (κ1) is 13.4. The van der Waals surface area contributed by atoms with Crippen molar-refractivity contribution in [3.05, 3.63) is 35.9 Å². The fourth-order valence-electron chi connectivity index (χ4n) is 2.65. The van der Waals surface area contributed by atoms with Gasteiger partial charge in [-0.3, -0.25) is 4.79 Å². The monoisotopic (exact) mass is 265 g/mol. The first-order valence-corrected chi connectivity index (χ1v) is 7.04. The van der Waals surface area contributed by atoms with Crippen LogP contribution in [-0.2, 0) is 11.2 Å². The summed E-state index contributed by atoms with van der Waals surface area (Å²) in [7, 11) is 0. The summed E-state index contributed by atoms with van der Waals surface area (Å²) in [5.41, 5.74) is 1.70. The second-order valence-corrected chi connectivity index (χ2v) is 5.75. The Morgan fingerprint density at radius 1 is 1.28 bits per heavy atom. The zero-order chi connectivity index (χ0) is 13.0. The van der Waals surface area contributed by atoms with Gasteiger partial charge in [-0.05, 0) is 30.2 Å². The van der Waals surface area contributed by atoms with Crippen LogP contribution in [0, 0.1) is 5.41 Å². The molecule has 2 rings (SSSR count). The number of hydrogen-bond acceptors (Lipinski definition) is 1. The summed E-state index contributed by atoms with van der Waals surface area (Å²) in [6, 6.07) is 10.6. The molecular weight excluding hydrogens is 246 g/mol. The number of piperidine rings is 1. The highest BCUT2D eigenvalue weighted by Gasteiger charge is 2.31. The molecule has 0 N–H and O–H groups in total. The lowest BCUT2D eigenvalue weighted by Crippen LogP contribution is -2.43. The Morgan fingerprint density at radius 3 is 2.44 bits per heavy atom. The molecule has 1 aliphatic rings. The lowest BCUT2D eigenvalue weighted by Gasteiger charge is -2.39. The fraction of sp³-hybridized carbons (Fsp3) is 0.533. The van der Waals surface area contributed by atoms with Crippen LogP contribution >= 0.6 is 11.6 Å². The number of hydrogen-bond donors (Lipinski definition) is 0. The van der Waals surface area contributed by atoms with E-state index in [4.69, 9.17) is 11.6 Å². The maximum atomic E-state index is 11.5. The number of halogens is 1. The molecule has 0 aromatic heterocycles. The van der Waals surface area contributed by atoms with Crippen molar-refractivity contribution in [1.29, 1.82) is 0 Å². The third kappa shape index (κ3) is 3.26. The molecule has 2 nitrogen and oxygen atoms in total. The van der Waals surface area contributed by atoms with Crippen LogP contribution in [0.2, 0.25) is 0 Å². The van der Waals surface area contributed by atoms with Crippen molar-refractivity contribution >= 4 is 17.5 Å². The largest absolute Gasteiger partial charge is 0.342 e. The molecule has 1 saturated heterocycles. The van der Waals surface area contributed by atoms with E-state index in [2.05, 4.69) is 31.2 Å². The number of benzene rings is 1. The molecule has 0 bridgehead atoms. The molecule has 1 fully saturated rings. The van der Waals surface area contributed by atoms with E-state index >= 15 is 0 Å². The zero-order valence-electron chi connectivity index (χ0n) is 10.9. The summed E-state index contributed by atoms with van der Waals surface area (Å²) < 4.78 is 0. The molecule has 0 aliphatic carbocycles. The molecule has 0 unspecified atom stereocenters. The van der Waals surface area contributed by atoms with Gasteiger partial charge in [0.2, 0.25) is 5.91 Å². The second-order valence-electron chi connectivity index (χ2n) is 5.49. The number of carbonyl (C=O) groups excluding carboxylic acids is 1. The number of nitrogens with zero attached hydrogens (tertiary/aromatic N) is 1. The van der Waals surface area contributed by atoms with E-state index in [-0.39, 0.29) is 11.8 Å². The predicted octanol–water partition coefficient (Wildman–Crippen LogP) is 3.10. The Bertz CT molecular complexity index is 396. The molecule has 98 valence electrons. The summed E-state index contributed by atoms with van der Waals surface area (Å²) in [5.74, 6) is 0.175. The maximum absolute atomic E-state index is 11.5. The van der Waals surface area contributed by atoms with E-state index in [0.29, 0.717) is 5.41 Å². The van der Waals surface area contributed by atoms with Gasteiger partial charge in [0.15, 0.2) is 0 Å². The van der Waals surface area contributed by atoms with Crippen LogP contribution in [0.3, 0.4) is 0 Å². The van der Waals surface area contributed by atoms with Gasteiger partial charge in [-0.25, -0.2) is 0 Å². The van der Waals surface area contributed by atoms with Crippen LogP contribution < -0.4 is 0 Å². The lowest BCUT2D eigenvalue weighted by atomic mass is 9.75. The predicted molar refractivity (Wildman–Crippen MR) is 74.8 cm³/mol. The molecule has 1 aliphatic heterocycles. The van der Waals surface area contributed by atoms with Crippen LogP contribution in [0.25, 0.3) is 0 Å². The van der Waals surface area contributed by atoms with Gasteiger partial charge in [-0.15, -0.1) is 11.6 Å². The van der Waals surface area contributed by atoms with Gasteiger partial charge in [-0.2, -0.15) is 0 Å². The minimum atomic E-state index is 0.0680. The lowest BCUT2D eigenvalue weighted by molar-refractivity contribution is -0.130. The topological polar surface area (TPSA) is 20.3 Å². The van der Waals surface area contributed by atoms with Crippen LogP contribution in [0.1, 0.15) is 25.3 Å². The molecule has 3 heteroatoms. The molecule has 1 heterocycles. The number of amides is 1. The number of likely N-dealkylation sites (tertiary alicyclic amines) is 1. The molecule has 1 amide bonds. The van der Waals surface area contributed by atoms with Crippen molar-refractivity contribution in [1.82, 2.24) is 4.90 Å². The smallest absolute Gasteiger partial charge is 0.237 e. The highest BCUT2D eigenvalue weighted by Crippen LogP contribution is 2.34. The van der Waals surface area contributed by atoms with Gasteiger partial charge >= 0.3 is 0 Å². The Balaban J connectivity index is 1.93. The van der Waals surface area contributed by atoms with Gasteiger partial charge in [0.25, 0.3) is 0 Å². The summed E-state index contributed by atoms with van der Waals surface area (Å²) >= 11 is 5.59. The van der Waals surface area contributed by atoms with Crippen molar-refractivity contribution in [2.45, 2.75) is 26.2 Å². The van der Waals surface area contributed by atoms with E-state index in [1.165, 1.54) is 5.56 Å². The third-order valence-corrected chi connectivity index (χ3v) is 4.14. The van der Waals surface area contributed by atoms with Gasteiger partial charge < -0.3 is 4.90 Å². The minimum Gasteiger partial charge on any atom is -0.342 e. The number of rotatable bonds is 3. The third-order valence-electron chi connectivity index (χ3n) is 3.91. The Morgan fingerprint density at radius 2 is 1.89 bits per heavy atom. The normalized spacial score (nSPS) is 18.7. The number of alkyl halides is 1. The van der Waals surface area contributed by atoms with E-state index in [9.17, 15) is 4.79 Å². The van der Waals surface area contributed by atoms with Crippen molar-refractivity contribution in [3.8, 4) is 0 Å². The van der Waals surface area contributed by atoms with E-state index < -0.39 is 0 Å². The van der Waals surface area contributed by atoms with Crippen molar-refractivity contribution in [2.75, 3.05) is 19.0 Å². The van der Waals surface area contributed by atoms with E-state index in [1.807, 2.05) is 11.0 Å². The summed E-state index contributed by atoms with van der Waals surface area (Å²) in [6.07, 6.45) is 3.21. The average Bonchev–Trinajstić information content (AvgIpc) is 2.39. The molecule has 0 atom stereocenters. The SMILES string of the molecule is CC1(Cc2ccccc2)CCN(C(=O)CCl)CC1. The van der Waals surface area contributed by atoms with Crippen LogP contribution in [-0.4, -0.2) is 29.8 Å². The first-order chi connectivity index (χ1) is 8.63. The van der Waals surface area contributed by atoms with Crippen molar-refractivity contribution in [3.63, 3.8) is 0 Å². The quantitative estimate of drug-likeness (QED) is 0.769. The standard InChI is InChI=1S/C15H20ClNO/c1-15(11-13-5-3-2-4-6-13)7-9-17(10-8-15)14(18)12-16/h2-6H,7-12H2,1H3. The zero-order valence-corrected chi connectivity index (χ0v) is 11.6. The molecule has 0 saturated carbocycles. The molecule has 18 heavy (non-hydrogen) atoms. The Hall–Kier alpha value is -1.02. The fourth-order valence-corrected chi connectivity index (χ4v) is 2.81. The first-order valence-electron chi connectivity index (χ1n) is 6.51. The van der Waals surface area contributed by atoms with Crippen molar-refractivity contribution in [2.24, 2.45) is 5.41 Å². The second kappa shape index (κ2) is 5.75. The molecule has 0 spiro atoms. The highest BCUT2D eigenvalue weighted by atomic mass is 35.5. The van der Waals surface area contributed by atoms with Crippen molar-refractivity contribution < 1.29 is 4.79 Å². The van der Waals surface area contributed by atoms with E-state index in [0.717, 1.165) is 32.4 Å². The molecular formula is C15H20ClNO. The van der Waals surface area contributed by atoms with Crippen LogP contribution in [0.5, 0.6) is 0 Å². The van der Waals surface area contributed by atoms with Gasteiger partial charge in [0.1, 0.15) is 5.88 Å². The van der Waals surface area contributed by atoms with Gasteiger partial charge in [0, 0.05) is 13.1 Å². The minimum absolute atomic E-state index is 0.0680. The highest BCUT2D eigenvalue weighted by molar-refractivity contribution is 6.27. The summed E-state index contributed by atoms with van der Waals surface area (Å²) in [5, 5.41) is 0. The van der Waals surface area contributed by atoms with E-state index in [1.54, 1.807) is 0 Å². The summed E-state index contributed by atoms with van der Waals surface area (Å²) in [4.78, 5) is 13.4. The molecule has 1 aromatic carbocycles. The molecule has 1 aromatic rings.